The summed E-state index contributed by atoms with van der Waals surface area (Å²) in [7, 11) is 5.73. The van der Waals surface area contributed by atoms with Crippen molar-refractivity contribution in [3.63, 3.8) is 0 Å². The molecule has 2 saturated heterocycles. The molecule has 0 saturated carbocycles. The van der Waals surface area contributed by atoms with Gasteiger partial charge in [-0.1, -0.05) is 20.8 Å². The number of carbonyl (C=O) groups is 2. The lowest BCUT2D eigenvalue weighted by atomic mass is 9.76. The number of nitrogens with zero attached hydrogens (tertiary/aromatic N) is 8. The SMILES string of the molecule is CCN(C(=O)c1cc(F)ccc1Oc1nncnc1N1CCC2(C1)CN([C@H](CCCN(C)C[C@H](C)C(=O)N(C)C)C(C)C)C2)C(C)C. The third kappa shape index (κ3) is 8.76. The molecule has 1 aromatic heterocycles. The van der Waals surface area contributed by atoms with Crippen LogP contribution in [0.15, 0.2) is 24.5 Å². The molecule has 12 heteroatoms. The largest absolute Gasteiger partial charge is 0.434 e. The first-order chi connectivity index (χ1) is 22.2. The van der Waals surface area contributed by atoms with Crippen LogP contribution in [0.2, 0.25) is 0 Å². The van der Waals surface area contributed by atoms with Crippen molar-refractivity contribution in [3.05, 3.63) is 35.9 Å². The first-order valence-corrected chi connectivity index (χ1v) is 17.1. The summed E-state index contributed by atoms with van der Waals surface area (Å²) < 4.78 is 20.5. The fraction of sp³-hybridized carbons (Fsp3) is 0.686. The predicted molar refractivity (Wildman–Crippen MR) is 182 cm³/mol. The van der Waals surface area contributed by atoms with Gasteiger partial charge in [-0.3, -0.25) is 14.5 Å². The van der Waals surface area contributed by atoms with Gasteiger partial charge in [-0.25, -0.2) is 9.37 Å². The van der Waals surface area contributed by atoms with E-state index in [-0.39, 0.29) is 46.4 Å². The van der Waals surface area contributed by atoms with Crippen molar-refractivity contribution in [1.82, 2.24) is 34.8 Å². The van der Waals surface area contributed by atoms with Gasteiger partial charge in [-0.05, 0) is 77.7 Å². The Balaban J connectivity index is 1.37. The molecule has 2 fully saturated rings. The van der Waals surface area contributed by atoms with E-state index in [9.17, 15) is 14.0 Å². The average Bonchev–Trinajstić information content (AvgIpc) is 3.45. The van der Waals surface area contributed by atoms with Gasteiger partial charge in [0.1, 0.15) is 17.9 Å². The Labute approximate surface area is 280 Å². The van der Waals surface area contributed by atoms with E-state index in [2.05, 4.69) is 50.8 Å². The van der Waals surface area contributed by atoms with Crippen LogP contribution in [-0.2, 0) is 4.79 Å². The van der Waals surface area contributed by atoms with Crippen molar-refractivity contribution < 1.29 is 18.7 Å². The highest BCUT2D eigenvalue weighted by Gasteiger charge is 2.50. The maximum absolute atomic E-state index is 14.3. The fourth-order valence-electron chi connectivity index (χ4n) is 7.31. The zero-order chi connectivity index (χ0) is 34.5. The molecule has 0 bridgehead atoms. The molecule has 0 N–H and O–H groups in total. The number of hydrogen-bond acceptors (Lipinski definition) is 9. The lowest BCUT2D eigenvalue weighted by molar-refractivity contribution is -0.132. The Morgan fingerprint density at radius 1 is 1.09 bits per heavy atom. The van der Waals surface area contributed by atoms with E-state index in [0.717, 1.165) is 58.5 Å². The molecule has 11 nitrogen and oxygen atoms in total. The molecule has 260 valence electrons. The molecule has 0 aliphatic carbocycles. The normalized spacial score (nSPS) is 17.3. The van der Waals surface area contributed by atoms with Gasteiger partial charge in [-0.2, -0.15) is 0 Å². The second-order valence-electron chi connectivity index (χ2n) is 14.4. The molecule has 0 unspecified atom stereocenters. The van der Waals surface area contributed by atoms with Crippen molar-refractivity contribution in [1.29, 1.82) is 0 Å². The molecule has 2 amide bonds. The summed E-state index contributed by atoms with van der Waals surface area (Å²) in [6.07, 6.45) is 4.67. The van der Waals surface area contributed by atoms with Crippen LogP contribution in [-0.4, -0.2) is 126 Å². The van der Waals surface area contributed by atoms with Crippen LogP contribution >= 0.6 is 0 Å². The molecule has 4 rings (SSSR count). The van der Waals surface area contributed by atoms with Gasteiger partial charge in [0.2, 0.25) is 5.91 Å². The number of rotatable bonds is 15. The maximum Gasteiger partial charge on any atom is 0.282 e. The molecular weight excluding hydrogens is 599 g/mol. The molecule has 47 heavy (non-hydrogen) atoms. The van der Waals surface area contributed by atoms with Gasteiger partial charge < -0.3 is 24.3 Å². The summed E-state index contributed by atoms with van der Waals surface area (Å²) in [5.41, 5.74) is 0.316. The Morgan fingerprint density at radius 3 is 2.45 bits per heavy atom. The van der Waals surface area contributed by atoms with Gasteiger partial charge in [-0.15, -0.1) is 10.2 Å². The van der Waals surface area contributed by atoms with Crippen molar-refractivity contribution in [2.75, 3.05) is 71.9 Å². The third-order valence-electron chi connectivity index (χ3n) is 9.72. The monoisotopic (exact) mass is 654 g/mol. The molecule has 2 aliphatic rings. The second kappa shape index (κ2) is 15.7. The Hall–Kier alpha value is -3.38. The summed E-state index contributed by atoms with van der Waals surface area (Å²) in [4.78, 5) is 40.6. The highest BCUT2D eigenvalue weighted by Crippen LogP contribution is 2.44. The summed E-state index contributed by atoms with van der Waals surface area (Å²) >= 11 is 0. The highest BCUT2D eigenvalue weighted by molar-refractivity contribution is 5.97. The smallest absolute Gasteiger partial charge is 0.282 e. The van der Waals surface area contributed by atoms with Crippen molar-refractivity contribution >= 4 is 17.6 Å². The van der Waals surface area contributed by atoms with Crippen LogP contribution in [0.1, 0.15) is 71.2 Å². The molecule has 2 aliphatic heterocycles. The Kier molecular flexibility index (Phi) is 12.2. The van der Waals surface area contributed by atoms with E-state index >= 15 is 0 Å². The number of hydrogen-bond donors (Lipinski definition) is 0. The van der Waals surface area contributed by atoms with Crippen LogP contribution in [0.4, 0.5) is 10.2 Å². The third-order valence-corrected chi connectivity index (χ3v) is 9.72. The molecular formula is C35H55FN8O3. The summed E-state index contributed by atoms with van der Waals surface area (Å²) in [5, 5.41) is 8.22. The predicted octanol–water partition coefficient (Wildman–Crippen LogP) is 4.65. The lowest BCUT2D eigenvalue weighted by Crippen LogP contribution is -2.62. The molecule has 0 radical (unpaired) electrons. The van der Waals surface area contributed by atoms with Crippen LogP contribution in [0.5, 0.6) is 11.6 Å². The zero-order valence-corrected chi connectivity index (χ0v) is 29.9. The standard InChI is InChI=1S/C35H55FN8O3/c1-10-44(25(4)5)34(46)28-18-27(36)13-14-30(28)47-32-31(37-23-38-39-32)42-17-15-35(20-42)21-43(22-35)29(24(2)3)12-11-16-41(9)19-26(6)33(45)40(7)8/h13-14,18,23-26,29H,10-12,15-17,19-22H2,1-9H3/t26-,29+/m0/s1. The minimum absolute atomic E-state index is 0.0102. The van der Waals surface area contributed by atoms with Crippen molar-refractivity contribution in [2.45, 2.75) is 72.9 Å². The zero-order valence-electron chi connectivity index (χ0n) is 29.9. The maximum atomic E-state index is 14.3. The summed E-state index contributed by atoms with van der Waals surface area (Å²) in [5.74, 6) is 0.917. The van der Waals surface area contributed by atoms with Crippen molar-refractivity contribution in [2.24, 2.45) is 17.3 Å². The number of benzene rings is 1. The van der Waals surface area contributed by atoms with Crippen molar-refractivity contribution in [3.8, 4) is 11.6 Å². The summed E-state index contributed by atoms with van der Waals surface area (Å²) in [6.45, 7) is 18.3. The van der Waals surface area contributed by atoms with Gasteiger partial charge in [0, 0.05) is 76.8 Å². The van der Waals surface area contributed by atoms with Crippen LogP contribution < -0.4 is 9.64 Å². The average molecular weight is 655 g/mol. The first-order valence-electron chi connectivity index (χ1n) is 17.1. The van der Waals surface area contributed by atoms with Crippen LogP contribution in [0, 0.1) is 23.1 Å². The molecule has 2 atom stereocenters. The lowest BCUT2D eigenvalue weighted by Gasteiger charge is -2.53. The molecule has 3 heterocycles. The van der Waals surface area contributed by atoms with Crippen LogP contribution in [0.3, 0.4) is 0 Å². The molecule has 1 spiro atoms. The number of likely N-dealkylation sites (tertiary alicyclic amines) is 1. The topological polar surface area (TPSA) is 98.2 Å². The quantitative estimate of drug-likeness (QED) is 0.272. The van der Waals surface area contributed by atoms with E-state index in [1.807, 2.05) is 41.8 Å². The Morgan fingerprint density at radius 2 is 1.81 bits per heavy atom. The first kappa shape index (κ1) is 36.5. The second-order valence-corrected chi connectivity index (χ2v) is 14.4. The fourth-order valence-corrected chi connectivity index (χ4v) is 7.31. The van der Waals surface area contributed by atoms with Gasteiger partial charge in [0.25, 0.3) is 11.8 Å². The van der Waals surface area contributed by atoms with Gasteiger partial charge in [0.15, 0.2) is 5.82 Å². The number of amides is 2. The number of anilines is 1. The summed E-state index contributed by atoms with van der Waals surface area (Å²) in [6, 6.07) is 4.43. The van der Waals surface area contributed by atoms with E-state index < -0.39 is 5.82 Å². The van der Waals surface area contributed by atoms with Gasteiger partial charge >= 0.3 is 0 Å². The Bertz CT molecular complexity index is 1370. The number of carbonyl (C=O) groups excluding carboxylic acids is 2. The van der Waals surface area contributed by atoms with E-state index in [1.54, 1.807) is 9.80 Å². The van der Waals surface area contributed by atoms with Gasteiger partial charge in [0.05, 0.1) is 5.56 Å². The van der Waals surface area contributed by atoms with E-state index in [1.165, 1.54) is 24.5 Å². The highest BCUT2D eigenvalue weighted by atomic mass is 19.1. The molecule has 1 aromatic carbocycles. The van der Waals surface area contributed by atoms with E-state index in [4.69, 9.17) is 4.74 Å². The van der Waals surface area contributed by atoms with E-state index in [0.29, 0.717) is 24.3 Å². The minimum atomic E-state index is -0.508. The molecule has 2 aromatic rings. The van der Waals surface area contributed by atoms with Crippen LogP contribution in [0.25, 0.3) is 0 Å². The number of halogens is 1. The minimum Gasteiger partial charge on any atom is -0.434 e. The number of ether oxygens (including phenoxy) is 1. The number of aromatic nitrogens is 3.